The molecule has 0 aliphatic rings. The number of aliphatic hydroxyl groups is 1. The molecule has 6 heteroatoms. The largest absolute Gasteiger partial charge is 0.467 e. The van der Waals surface area contributed by atoms with Gasteiger partial charge in [-0.05, 0) is 50.6 Å². The third-order valence-corrected chi connectivity index (χ3v) is 4.48. The number of hydrogen-bond acceptors (Lipinski definition) is 4. The quantitative estimate of drug-likeness (QED) is 0.708. The molecule has 0 amide bonds. The lowest BCUT2D eigenvalue weighted by atomic mass is 10.1. The molecule has 2 N–H and O–H groups in total. The van der Waals surface area contributed by atoms with Gasteiger partial charge in [-0.3, -0.25) is 0 Å². The molecule has 0 bridgehead atoms. The number of aryl methyl sites for hydroxylation is 1. The number of benzene rings is 1. The molecule has 0 saturated heterocycles. The highest BCUT2D eigenvalue weighted by molar-refractivity contribution is 6.31. The van der Waals surface area contributed by atoms with Crippen LogP contribution < -0.4 is 5.32 Å². The predicted octanol–water partition coefficient (Wildman–Crippen LogP) is 3.98. The van der Waals surface area contributed by atoms with Gasteiger partial charge in [-0.1, -0.05) is 11.6 Å². The number of aromatic nitrogens is 2. The van der Waals surface area contributed by atoms with Crippen molar-refractivity contribution in [2.24, 2.45) is 7.05 Å². The smallest absolute Gasteiger partial charge is 0.132 e. The van der Waals surface area contributed by atoms with Gasteiger partial charge in [-0.2, -0.15) is 0 Å². The Morgan fingerprint density at radius 3 is 2.83 bits per heavy atom. The Morgan fingerprint density at radius 1 is 1.33 bits per heavy atom. The summed E-state index contributed by atoms with van der Waals surface area (Å²) in [7, 11) is 1.99. The molecule has 0 aliphatic carbocycles. The minimum absolute atomic E-state index is 0.0416. The van der Waals surface area contributed by atoms with Gasteiger partial charge in [0.2, 0.25) is 0 Å². The molecule has 3 atom stereocenters. The summed E-state index contributed by atoms with van der Waals surface area (Å²) in [5, 5.41) is 14.4. The zero-order valence-corrected chi connectivity index (χ0v) is 14.8. The number of hydrogen-bond donors (Lipinski definition) is 2. The van der Waals surface area contributed by atoms with Crippen LogP contribution in [0.2, 0.25) is 5.02 Å². The first-order valence-corrected chi connectivity index (χ1v) is 8.43. The summed E-state index contributed by atoms with van der Waals surface area (Å²) >= 11 is 6.08. The monoisotopic (exact) mass is 347 g/mol. The van der Waals surface area contributed by atoms with E-state index in [2.05, 4.69) is 16.8 Å². The average molecular weight is 348 g/mol. The second kappa shape index (κ2) is 6.97. The predicted molar refractivity (Wildman–Crippen MR) is 95.0 cm³/mol. The Hall–Kier alpha value is -1.82. The zero-order chi connectivity index (χ0) is 17.3. The van der Waals surface area contributed by atoms with Gasteiger partial charge in [-0.25, -0.2) is 4.98 Å². The van der Waals surface area contributed by atoms with E-state index in [-0.39, 0.29) is 12.1 Å². The zero-order valence-electron chi connectivity index (χ0n) is 14.0. The molecule has 0 aliphatic heterocycles. The van der Waals surface area contributed by atoms with Crippen molar-refractivity contribution in [2.45, 2.75) is 38.5 Å². The van der Waals surface area contributed by atoms with E-state index in [1.165, 1.54) is 0 Å². The van der Waals surface area contributed by atoms with E-state index in [1.807, 2.05) is 32.2 Å². The summed E-state index contributed by atoms with van der Waals surface area (Å²) < 4.78 is 7.30. The van der Waals surface area contributed by atoms with Crippen LogP contribution in [-0.4, -0.2) is 20.7 Å². The molecule has 5 nitrogen and oxygen atoms in total. The Bertz CT molecular complexity index is 813. The second-order valence-electron chi connectivity index (χ2n) is 6.22. The highest BCUT2D eigenvalue weighted by atomic mass is 35.5. The van der Waals surface area contributed by atoms with Crippen LogP contribution in [0.5, 0.6) is 0 Å². The molecule has 3 unspecified atom stereocenters. The summed E-state index contributed by atoms with van der Waals surface area (Å²) in [5.41, 5.74) is 1.93. The van der Waals surface area contributed by atoms with Gasteiger partial charge >= 0.3 is 0 Å². The maximum atomic E-state index is 10.2. The Labute approximate surface area is 146 Å². The van der Waals surface area contributed by atoms with Crippen molar-refractivity contribution in [1.82, 2.24) is 14.9 Å². The van der Waals surface area contributed by atoms with Crippen LogP contribution in [0.15, 0.2) is 41.0 Å². The molecule has 0 spiro atoms. The second-order valence-corrected chi connectivity index (χ2v) is 6.65. The van der Waals surface area contributed by atoms with Crippen LogP contribution in [-0.2, 0) is 7.05 Å². The van der Waals surface area contributed by atoms with Gasteiger partial charge in [0.25, 0.3) is 0 Å². The molecule has 24 heavy (non-hydrogen) atoms. The lowest BCUT2D eigenvalue weighted by Crippen LogP contribution is -2.31. The summed E-state index contributed by atoms with van der Waals surface area (Å²) in [4.78, 5) is 4.70. The molecular formula is C18H22ClN3O2. The summed E-state index contributed by atoms with van der Waals surface area (Å²) in [6.45, 7) is 4.11. The average Bonchev–Trinajstić information content (AvgIpc) is 3.16. The fourth-order valence-electron chi connectivity index (χ4n) is 3.07. The fraction of sp³-hybridized carbons (Fsp3) is 0.389. The molecule has 128 valence electrons. The summed E-state index contributed by atoms with van der Waals surface area (Å²) in [6.07, 6.45) is 1.52. The topological polar surface area (TPSA) is 63.2 Å². The number of aliphatic hydroxyl groups excluding tert-OH is 1. The number of rotatable bonds is 6. The number of halogens is 1. The fourth-order valence-corrected chi connectivity index (χ4v) is 3.24. The van der Waals surface area contributed by atoms with Crippen LogP contribution in [0, 0.1) is 0 Å². The molecule has 0 radical (unpaired) electrons. The van der Waals surface area contributed by atoms with E-state index in [1.54, 1.807) is 18.4 Å². The maximum absolute atomic E-state index is 10.2. The number of nitrogens with zero attached hydrogens (tertiary/aromatic N) is 2. The summed E-state index contributed by atoms with van der Waals surface area (Å²) in [5.74, 6) is 1.53. The van der Waals surface area contributed by atoms with E-state index < -0.39 is 6.10 Å². The van der Waals surface area contributed by atoms with Crippen molar-refractivity contribution < 1.29 is 9.52 Å². The molecule has 0 saturated carbocycles. The standard InChI is InChI=1S/C18H22ClN3O2/c1-11(9-16(23)17-5-4-8-24-17)20-12(2)18-21-14-7-6-13(19)10-15(14)22(18)3/h4-8,10-12,16,20,23H,9H2,1-3H3. The van der Waals surface area contributed by atoms with E-state index in [4.69, 9.17) is 21.0 Å². The van der Waals surface area contributed by atoms with Crippen LogP contribution in [0.1, 0.15) is 44.0 Å². The molecule has 3 aromatic rings. The first-order valence-electron chi connectivity index (χ1n) is 8.05. The van der Waals surface area contributed by atoms with Gasteiger partial charge in [-0.15, -0.1) is 0 Å². The van der Waals surface area contributed by atoms with Gasteiger partial charge in [0.05, 0.1) is 23.3 Å². The third-order valence-electron chi connectivity index (χ3n) is 4.25. The molecule has 2 heterocycles. The number of furan rings is 1. The Kier molecular flexibility index (Phi) is 4.94. The minimum atomic E-state index is -0.617. The van der Waals surface area contributed by atoms with Gasteiger partial charge in [0.1, 0.15) is 17.7 Å². The highest BCUT2D eigenvalue weighted by Crippen LogP contribution is 2.24. The van der Waals surface area contributed by atoms with Gasteiger partial charge < -0.3 is 19.4 Å². The van der Waals surface area contributed by atoms with Crippen LogP contribution in [0.25, 0.3) is 11.0 Å². The lowest BCUT2D eigenvalue weighted by molar-refractivity contribution is 0.127. The SMILES string of the molecule is CC(CC(O)c1ccco1)NC(C)c1nc2ccc(Cl)cc2n1C. The summed E-state index contributed by atoms with van der Waals surface area (Å²) in [6, 6.07) is 9.41. The maximum Gasteiger partial charge on any atom is 0.132 e. The molecule has 0 fully saturated rings. The minimum Gasteiger partial charge on any atom is -0.467 e. The van der Waals surface area contributed by atoms with E-state index in [9.17, 15) is 5.11 Å². The molecule has 2 aromatic heterocycles. The lowest BCUT2D eigenvalue weighted by Gasteiger charge is -2.21. The number of fused-ring (bicyclic) bond motifs is 1. The van der Waals surface area contributed by atoms with Crippen molar-refractivity contribution in [3.63, 3.8) is 0 Å². The van der Waals surface area contributed by atoms with Gasteiger partial charge in [0.15, 0.2) is 0 Å². The molecular weight excluding hydrogens is 326 g/mol. The normalized spacial score (nSPS) is 15.5. The molecule has 3 rings (SSSR count). The van der Waals surface area contributed by atoms with Crippen molar-refractivity contribution in [3.05, 3.63) is 53.2 Å². The molecule has 1 aromatic carbocycles. The van der Waals surface area contributed by atoms with Crippen LogP contribution in [0.3, 0.4) is 0 Å². The van der Waals surface area contributed by atoms with Crippen molar-refractivity contribution >= 4 is 22.6 Å². The first-order chi connectivity index (χ1) is 11.5. The number of imidazole rings is 1. The van der Waals surface area contributed by atoms with E-state index in [0.717, 1.165) is 16.9 Å². The van der Waals surface area contributed by atoms with Crippen LogP contribution in [0.4, 0.5) is 0 Å². The number of nitrogens with one attached hydrogen (secondary N) is 1. The van der Waals surface area contributed by atoms with E-state index >= 15 is 0 Å². The van der Waals surface area contributed by atoms with E-state index in [0.29, 0.717) is 17.2 Å². The van der Waals surface area contributed by atoms with Crippen molar-refractivity contribution in [1.29, 1.82) is 0 Å². The van der Waals surface area contributed by atoms with Crippen LogP contribution >= 0.6 is 11.6 Å². The third kappa shape index (κ3) is 3.48. The van der Waals surface area contributed by atoms with Gasteiger partial charge in [0, 0.05) is 18.1 Å². The van der Waals surface area contributed by atoms with Crippen molar-refractivity contribution in [3.8, 4) is 0 Å². The first kappa shape index (κ1) is 17.0. The Balaban J connectivity index is 1.70. The Morgan fingerprint density at radius 2 is 2.12 bits per heavy atom. The highest BCUT2D eigenvalue weighted by Gasteiger charge is 2.19. The van der Waals surface area contributed by atoms with Crippen molar-refractivity contribution in [2.75, 3.05) is 0 Å².